The predicted octanol–water partition coefficient (Wildman–Crippen LogP) is 4.08. The molecule has 2 aliphatic heterocycles. The van der Waals surface area contributed by atoms with Gasteiger partial charge in [0.25, 0.3) is 5.91 Å². The third-order valence-corrected chi connectivity index (χ3v) is 7.44. The minimum absolute atomic E-state index is 0.164. The Labute approximate surface area is 171 Å². The van der Waals surface area contributed by atoms with Gasteiger partial charge in [-0.25, -0.2) is 4.79 Å². The van der Waals surface area contributed by atoms with E-state index in [2.05, 4.69) is 5.32 Å². The number of nitrogens with one attached hydrogen (secondary N) is 1. The topological polar surface area (TPSA) is 73.9 Å². The quantitative estimate of drug-likeness (QED) is 0.735. The number of hydrogen-bond acceptors (Lipinski definition) is 7. The number of carbonyl (C=O) groups excluding carboxylic acids is 2. The first-order valence-electron chi connectivity index (χ1n) is 8.85. The zero-order chi connectivity index (χ0) is 19.5. The number of anilines is 1. The lowest BCUT2D eigenvalue weighted by atomic mass is 10.1. The van der Waals surface area contributed by atoms with Crippen LogP contribution in [0.5, 0.6) is 11.5 Å². The highest BCUT2D eigenvalue weighted by Gasteiger charge is 2.22. The Hall–Kier alpha value is -2.32. The highest BCUT2D eigenvalue weighted by Crippen LogP contribution is 2.45. The van der Waals surface area contributed by atoms with Crippen molar-refractivity contribution in [3.63, 3.8) is 0 Å². The standard InChI is InChI=1S/C20H19NO5S2/c1-12(18(22)21-15-6-7-16-17(10-15)25-11-24-16)26-19(23)13-2-4-14(5-3-13)20-27-8-9-28-20/h2-7,10,12,20H,8-9,11H2,1H3,(H,21,22)/t12-/m1/s1. The van der Waals surface area contributed by atoms with Gasteiger partial charge in [0.05, 0.1) is 10.1 Å². The lowest BCUT2D eigenvalue weighted by Gasteiger charge is -2.14. The second kappa shape index (κ2) is 8.36. The molecule has 146 valence electrons. The van der Waals surface area contributed by atoms with E-state index in [9.17, 15) is 9.59 Å². The van der Waals surface area contributed by atoms with Crippen LogP contribution in [0.15, 0.2) is 42.5 Å². The molecule has 0 aromatic heterocycles. The van der Waals surface area contributed by atoms with Gasteiger partial charge in [-0.3, -0.25) is 4.79 Å². The van der Waals surface area contributed by atoms with Gasteiger partial charge in [-0.2, -0.15) is 0 Å². The van der Waals surface area contributed by atoms with Crippen LogP contribution in [-0.4, -0.2) is 36.3 Å². The summed E-state index contributed by atoms with van der Waals surface area (Å²) in [7, 11) is 0. The molecular weight excluding hydrogens is 398 g/mol. The molecule has 0 radical (unpaired) electrons. The molecule has 0 unspecified atom stereocenters. The third kappa shape index (κ3) is 4.23. The van der Waals surface area contributed by atoms with Gasteiger partial charge in [-0.1, -0.05) is 12.1 Å². The Morgan fingerprint density at radius 3 is 2.54 bits per heavy atom. The van der Waals surface area contributed by atoms with Crippen molar-refractivity contribution in [1.29, 1.82) is 0 Å². The highest BCUT2D eigenvalue weighted by molar-refractivity contribution is 8.19. The molecule has 0 saturated carbocycles. The molecule has 2 aromatic rings. The Bertz CT molecular complexity index is 881. The van der Waals surface area contributed by atoms with Crippen LogP contribution < -0.4 is 14.8 Å². The molecule has 1 saturated heterocycles. The van der Waals surface area contributed by atoms with Crippen LogP contribution in [0.2, 0.25) is 0 Å². The zero-order valence-corrected chi connectivity index (χ0v) is 16.8. The molecule has 4 rings (SSSR count). The number of ether oxygens (including phenoxy) is 3. The van der Waals surface area contributed by atoms with Gasteiger partial charge in [0.15, 0.2) is 17.6 Å². The van der Waals surface area contributed by atoms with Crippen LogP contribution in [0.25, 0.3) is 0 Å². The minimum atomic E-state index is -0.932. The van der Waals surface area contributed by atoms with Crippen LogP contribution in [-0.2, 0) is 9.53 Å². The first-order valence-corrected chi connectivity index (χ1v) is 10.9. The van der Waals surface area contributed by atoms with Crippen LogP contribution in [0.3, 0.4) is 0 Å². The minimum Gasteiger partial charge on any atom is -0.454 e. The smallest absolute Gasteiger partial charge is 0.338 e. The molecule has 6 nitrogen and oxygen atoms in total. The molecule has 28 heavy (non-hydrogen) atoms. The summed E-state index contributed by atoms with van der Waals surface area (Å²) in [5.74, 6) is 2.57. The van der Waals surface area contributed by atoms with Gasteiger partial charge in [-0.05, 0) is 36.8 Å². The van der Waals surface area contributed by atoms with Crippen molar-refractivity contribution in [2.24, 2.45) is 0 Å². The summed E-state index contributed by atoms with van der Waals surface area (Å²) in [6.45, 7) is 1.71. The van der Waals surface area contributed by atoms with Crippen LogP contribution >= 0.6 is 23.5 Å². The third-order valence-electron chi connectivity index (χ3n) is 4.33. The van der Waals surface area contributed by atoms with Crippen LogP contribution in [0, 0.1) is 0 Å². The van der Waals surface area contributed by atoms with Crippen molar-refractivity contribution in [3.8, 4) is 11.5 Å². The fourth-order valence-corrected chi connectivity index (χ4v) is 5.69. The van der Waals surface area contributed by atoms with Gasteiger partial charge in [0.2, 0.25) is 6.79 Å². The molecule has 0 spiro atoms. The fourth-order valence-electron chi connectivity index (χ4n) is 2.83. The lowest BCUT2D eigenvalue weighted by Crippen LogP contribution is -2.30. The average Bonchev–Trinajstić information content (AvgIpc) is 3.39. The van der Waals surface area contributed by atoms with E-state index in [0.717, 1.165) is 11.5 Å². The molecule has 0 aliphatic carbocycles. The summed E-state index contributed by atoms with van der Waals surface area (Å²) < 4.78 is 16.3. The number of carbonyl (C=O) groups is 2. The summed E-state index contributed by atoms with van der Waals surface area (Å²) in [4.78, 5) is 24.7. The summed E-state index contributed by atoms with van der Waals surface area (Å²) in [6.07, 6.45) is -0.932. The number of thioether (sulfide) groups is 2. The van der Waals surface area contributed by atoms with E-state index in [0.29, 0.717) is 27.3 Å². The highest BCUT2D eigenvalue weighted by atomic mass is 32.2. The molecule has 0 bridgehead atoms. The largest absolute Gasteiger partial charge is 0.454 e. The van der Waals surface area contributed by atoms with Gasteiger partial charge in [-0.15, -0.1) is 23.5 Å². The van der Waals surface area contributed by atoms with E-state index in [1.807, 2.05) is 35.7 Å². The van der Waals surface area contributed by atoms with Crippen LogP contribution in [0.1, 0.15) is 27.4 Å². The Morgan fingerprint density at radius 2 is 1.79 bits per heavy atom. The molecule has 1 amide bonds. The SMILES string of the molecule is C[C@@H](OC(=O)c1ccc(C2SCCS2)cc1)C(=O)Nc1ccc2c(c1)OCO2. The summed E-state index contributed by atoms with van der Waals surface area (Å²) >= 11 is 3.82. The molecule has 1 N–H and O–H groups in total. The van der Waals surface area contributed by atoms with Crippen molar-refractivity contribution in [3.05, 3.63) is 53.6 Å². The van der Waals surface area contributed by atoms with Crippen LogP contribution in [0.4, 0.5) is 5.69 Å². The summed E-state index contributed by atoms with van der Waals surface area (Å²) in [5.41, 5.74) is 2.17. The predicted molar refractivity (Wildman–Crippen MR) is 110 cm³/mol. The number of esters is 1. The first kappa shape index (κ1) is 19.0. The summed E-state index contributed by atoms with van der Waals surface area (Å²) in [5, 5.41) is 2.72. The Morgan fingerprint density at radius 1 is 1.07 bits per heavy atom. The van der Waals surface area contributed by atoms with E-state index >= 15 is 0 Å². The molecular formula is C20H19NO5S2. The molecule has 2 aromatic carbocycles. The number of hydrogen-bond donors (Lipinski definition) is 1. The monoisotopic (exact) mass is 417 g/mol. The van der Waals surface area contributed by atoms with E-state index < -0.39 is 18.0 Å². The van der Waals surface area contributed by atoms with E-state index in [1.54, 1.807) is 37.3 Å². The first-order chi connectivity index (χ1) is 13.6. The average molecular weight is 418 g/mol. The van der Waals surface area contributed by atoms with Gasteiger partial charge in [0, 0.05) is 23.3 Å². The van der Waals surface area contributed by atoms with Crippen molar-refractivity contribution in [2.45, 2.75) is 17.6 Å². The number of amides is 1. The summed E-state index contributed by atoms with van der Waals surface area (Å²) in [6, 6.07) is 12.5. The molecule has 8 heteroatoms. The van der Waals surface area contributed by atoms with Crippen molar-refractivity contribution in [1.82, 2.24) is 0 Å². The fraction of sp³-hybridized carbons (Fsp3) is 0.300. The number of benzene rings is 2. The maximum Gasteiger partial charge on any atom is 0.338 e. The Balaban J connectivity index is 1.33. The second-order valence-corrected chi connectivity index (χ2v) is 9.02. The number of fused-ring (bicyclic) bond motifs is 1. The Kier molecular flexibility index (Phi) is 5.68. The van der Waals surface area contributed by atoms with Gasteiger partial charge >= 0.3 is 5.97 Å². The van der Waals surface area contributed by atoms with Gasteiger partial charge in [0.1, 0.15) is 0 Å². The lowest BCUT2D eigenvalue weighted by molar-refractivity contribution is -0.123. The van der Waals surface area contributed by atoms with Crippen molar-refractivity contribution >= 4 is 41.1 Å². The molecule has 2 aliphatic rings. The maximum absolute atomic E-state index is 12.3. The van der Waals surface area contributed by atoms with E-state index in [4.69, 9.17) is 14.2 Å². The zero-order valence-electron chi connectivity index (χ0n) is 15.2. The van der Waals surface area contributed by atoms with E-state index in [1.165, 1.54) is 5.56 Å². The van der Waals surface area contributed by atoms with Crippen molar-refractivity contribution < 1.29 is 23.8 Å². The number of rotatable bonds is 5. The van der Waals surface area contributed by atoms with Gasteiger partial charge < -0.3 is 19.5 Å². The van der Waals surface area contributed by atoms with E-state index in [-0.39, 0.29) is 6.79 Å². The normalized spacial score (nSPS) is 16.6. The molecule has 1 fully saturated rings. The van der Waals surface area contributed by atoms with Crippen molar-refractivity contribution in [2.75, 3.05) is 23.6 Å². The molecule has 2 heterocycles. The second-order valence-electron chi connectivity index (χ2n) is 6.30. The maximum atomic E-state index is 12.3. The molecule has 1 atom stereocenters.